The molecule has 1 fully saturated rings. The summed E-state index contributed by atoms with van der Waals surface area (Å²) in [6.07, 6.45) is 1.04. The van der Waals surface area contributed by atoms with Gasteiger partial charge in [0.15, 0.2) is 5.82 Å². The number of hydrogen-bond acceptors (Lipinski definition) is 6. The van der Waals surface area contributed by atoms with E-state index in [1.165, 1.54) is 7.05 Å². The summed E-state index contributed by atoms with van der Waals surface area (Å²) in [5.74, 6) is -1.81. The van der Waals surface area contributed by atoms with Crippen LogP contribution in [0.15, 0.2) is 6.20 Å². The first-order valence-electron chi connectivity index (χ1n) is 6.10. The van der Waals surface area contributed by atoms with Gasteiger partial charge in [0.2, 0.25) is 10.0 Å². The molecule has 2 N–H and O–H groups in total. The maximum atomic E-state index is 12.3. The predicted octanol–water partition coefficient (Wildman–Crippen LogP) is -0.563. The molecule has 1 aromatic rings. The van der Waals surface area contributed by atoms with E-state index < -0.39 is 31.1 Å². The molecule has 0 aromatic carbocycles. The van der Waals surface area contributed by atoms with Gasteiger partial charge in [0, 0.05) is 7.05 Å². The maximum Gasteiger partial charge on any atom is 0.341 e. The van der Waals surface area contributed by atoms with E-state index in [0.717, 1.165) is 10.9 Å². The molecular weight excluding hydrogens is 322 g/mol. The topological polar surface area (TPSA) is 135 Å². The van der Waals surface area contributed by atoms with Crippen LogP contribution in [0.3, 0.4) is 0 Å². The summed E-state index contributed by atoms with van der Waals surface area (Å²) in [5, 5.41) is 11.8. The number of aromatic nitrogens is 2. The fourth-order valence-corrected chi connectivity index (χ4v) is 5.44. The van der Waals surface area contributed by atoms with Crippen LogP contribution in [0, 0.1) is 0 Å². The average molecular weight is 337 g/mol. The number of carboxylic acid groups (broad SMARTS) is 1. The van der Waals surface area contributed by atoms with Gasteiger partial charge in [-0.2, -0.15) is 5.10 Å². The zero-order valence-corrected chi connectivity index (χ0v) is 12.8. The van der Waals surface area contributed by atoms with Crippen LogP contribution in [0.4, 0.5) is 5.82 Å². The second kappa shape index (κ2) is 5.30. The second-order valence-electron chi connectivity index (χ2n) is 4.83. The number of nitrogens with zero attached hydrogens (tertiary/aromatic N) is 2. The lowest BCUT2D eigenvalue weighted by Gasteiger charge is -2.22. The molecule has 0 spiro atoms. The molecule has 1 saturated heterocycles. The second-order valence-corrected chi connectivity index (χ2v) is 9.10. The van der Waals surface area contributed by atoms with Crippen molar-refractivity contribution in [2.45, 2.75) is 18.1 Å². The number of sulfonamides is 1. The van der Waals surface area contributed by atoms with Crippen LogP contribution in [0.2, 0.25) is 0 Å². The molecular formula is C10H15N3O6S2. The summed E-state index contributed by atoms with van der Waals surface area (Å²) in [6, 6.07) is 0. The average Bonchev–Trinajstić information content (AvgIpc) is 2.70. The number of anilines is 1. The highest BCUT2D eigenvalue weighted by Gasteiger charge is 2.34. The van der Waals surface area contributed by atoms with Gasteiger partial charge in [0.25, 0.3) is 0 Å². The number of carboxylic acids is 1. The van der Waals surface area contributed by atoms with Crippen LogP contribution >= 0.6 is 0 Å². The molecule has 2 rings (SSSR count). The van der Waals surface area contributed by atoms with Gasteiger partial charge in [-0.25, -0.2) is 21.6 Å². The summed E-state index contributed by atoms with van der Waals surface area (Å²) >= 11 is 0. The lowest BCUT2D eigenvalue weighted by Crippen LogP contribution is -2.36. The van der Waals surface area contributed by atoms with Gasteiger partial charge < -0.3 is 5.11 Å². The Morgan fingerprint density at radius 1 is 1.43 bits per heavy atom. The minimum atomic E-state index is -3.87. The molecule has 1 aromatic heterocycles. The highest BCUT2D eigenvalue weighted by molar-refractivity contribution is 7.94. The Bertz CT molecular complexity index is 751. The Morgan fingerprint density at radius 2 is 2.00 bits per heavy atom. The van der Waals surface area contributed by atoms with Crippen molar-refractivity contribution < 1.29 is 26.7 Å². The highest BCUT2D eigenvalue weighted by atomic mass is 32.2. The van der Waals surface area contributed by atoms with Gasteiger partial charge in [-0.1, -0.05) is 0 Å². The van der Waals surface area contributed by atoms with Crippen molar-refractivity contribution in [2.75, 3.05) is 16.2 Å². The molecule has 118 valence electrons. The lowest BCUT2D eigenvalue weighted by molar-refractivity contribution is 0.0698. The van der Waals surface area contributed by atoms with Crippen LogP contribution in [0.1, 0.15) is 23.2 Å². The Kier molecular flexibility index (Phi) is 3.97. The van der Waals surface area contributed by atoms with Crippen LogP contribution in [0.25, 0.3) is 0 Å². The summed E-state index contributed by atoms with van der Waals surface area (Å²) in [7, 11) is -5.63. The van der Waals surface area contributed by atoms with Crippen molar-refractivity contribution in [3.63, 3.8) is 0 Å². The number of hydrogen-bond donors (Lipinski definition) is 2. The van der Waals surface area contributed by atoms with Crippen molar-refractivity contribution >= 4 is 31.6 Å². The number of aryl methyl sites for hydroxylation is 1. The van der Waals surface area contributed by atoms with Crippen LogP contribution in [0.5, 0.6) is 0 Å². The molecule has 0 bridgehead atoms. The van der Waals surface area contributed by atoms with E-state index in [1.54, 1.807) is 0 Å². The quantitative estimate of drug-likeness (QED) is 0.751. The zero-order valence-electron chi connectivity index (χ0n) is 11.2. The van der Waals surface area contributed by atoms with Crippen LogP contribution in [-0.4, -0.2) is 54.4 Å². The van der Waals surface area contributed by atoms with E-state index >= 15 is 0 Å². The van der Waals surface area contributed by atoms with Gasteiger partial charge in [0.05, 0.1) is 23.0 Å². The van der Waals surface area contributed by atoms with Crippen molar-refractivity contribution in [1.82, 2.24) is 9.78 Å². The molecule has 0 radical (unpaired) electrons. The van der Waals surface area contributed by atoms with Crippen molar-refractivity contribution in [3.05, 3.63) is 11.8 Å². The monoisotopic (exact) mass is 337 g/mol. The van der Waals surface area contributed by atoms with Gasteiger partial charge in [-0.05, 0) is 12.8 Å². The van der Waals surface area contributed by atoms with Crippen LogP contribution < -0.4 is 4.72 Å². The zero-order chi connectivity index (χ0) is 15.8. The maximum absolute atomic E-state index is 12.3. The molecule has 0 unspecified atom stereocenters. The smallest absolute Gasteiger partial charge is 0.341 e. The minimum absolute atomic E-state index is 0.00206. The van der Waals surface area contributed by atoms with Crippen LogP contribution in [-0.2, 0) is 26.9 Å². The van der Waals surface area contributed by atoms with Gasteiger partial charge >= 0.3 is 5.97 Å². The number of sulfone groups is 1. The molecule has 2 heterocycles. The van der Waals surface area contributed by atoms with E-state index in [2.05, 4.69) is 9.82 Å². The number of rotatable bonds is 4. The predicted molar refractivity (Wildman–Crippen MR) is 74.4 cm³/mol. The molecule has 0 aliphatic carbocycles. The summed E-state index contributed by atoms with van der Waals surface area (Å²) in [4.78, 5) is 11.0. The van der Waals surface area contributed by atoms with E-state index in [1.807, 2.05) is 0 Å². The van der Waals surface area contributed by atoms with E-state index in [-0.39, 0.29) is 35.7 Å². The first-order chi connectivity index (χ1) is 9.62. The van der Waals surface area contributed by atoms with Crippen molar-refractivity contribution in [1.29, 1.82) is 0 Å². The molecule has 11 heteroatoms. The Hall–Kier alpha value is -1.62. The molecule has 0 atom stereocenters. The fraction of sp³-hybridized carbons (Fsp3) is 0.600. The molecule has 0 amide bonds. The Morgan fingerprint density at radius 3 is 2.52 bits per heavy atom. The Balaban J connectivity index is 2.23. The minimum Gasteiger partial charge on any atom is -0.477 e. The number of nitrogens with one attached hydrogen (secondary N) is 1. The summed E-state index contributed by atoms with van der Waals surface area (Å²) in [5.41, 5.74) is -0.260. The van der Waals surface area contributed by atoms with Crippen molar-refractivity contribution in [3.8, 4) is 0 Å². The van der Waals surface area contributed by atoms with Gasteiger partial charge in [-0.15, -0.1) is 0 Å². The molecule has 1 aliphatic rings. The third-order valence-electron chi connectivity index (χ3n) is 3.35. The lowest BCUT2D eigenvalue weighted by atomic mass is 10.2. The summed E-state index contributed by atoms with van der Waals surface area (Å²) < 4.78 is 50.5. The van der Waals surface area contributed by atoms with E-state index in [4.69, 9.17) is 5.11 Å². The third kappa shape index (κ3) is 3.35. The van der Waals surface area contributed by atoms with Gasteiger partial charge in [0.1, 0.15) is 15.4 Å². The first kappa shape index (κ1) is 15.8. The van der Waals surface area contributed by atoms with Gasteiger partial charge in [-0.3, -0.25) is 9.40 Å². The summed E-state index contributed by atoms with van der Waals surface area (Å²) in [6.45, 7) is 0. The molecule has 9 nitrogen and oxygen atoms in total. The molecule has 1 aliphatic heterocycles. The highest BCUT2D eigenvalue weighted by Crippen LogP contribution is 2.23. The largest absolute Gasteiger partial charge is 0.477 e. The van der Waals surface area contributed by atoms with E-state index in [0.29, 0.717) is 0 Å². The Labute approximate surface area is 121 Å². The normalized spacial score (nSPS) is 19.3. The third-order valence-corrected chi connectivity index (χ3v) is 6.89. The standard InChI is InChI=1S/C10H15N3O6S2/c1-13-9(8(6-11-13)10(14)15)12-21(18,19)7-2-4-20(16,17)5-3-7/h6-7,12H,2-5H2,1H3,(H,14,15). The molecule has 21 heavy (non-hydrogen) atoms. The van der Waals surface area contributed by atoms with Crippen molar-refractivity contribution in [2.24, 2.45) is 7.05 Å². The fourth-order valence-electron chi connectivity index (χ4n) is 2.11. The first-order valence-corrected chi connectivity index (χ1v) is 9.46. The number of carbonyl (C=O) groups is 1. The number of aromatic carboxylic acids is 1. The molecule has 0 saturated carbocycles. The van der Waals surface area contributed by atoms with E-state index in [9.17, 15) is 21.6 Å². The SMILES string of the molecule is Cn1ncc(C(=O)O)c1NS(=O)(=O)C1CCS(=O)(=O)CC1.